The number of aliphatic imine (C=N–C) groups is 1. The van der Waals surface area contributed by atoms with Gasteiger partial charge in [0.05, 0.1) is 17.5 Å². The largest absolute Gasteiger partial charge is 0.301 e. The number of carbonyl (C=O) groups excluding carboxylic acids is 1. The number of nitrogens with zero attached hydrogens (tertiary/aromatic N) is 3. The van der Waals surface area contributed by atoms with Crippen molar-refractivity contribution in [3.05, 3.63) is 11.8 Å². The molecule has 5 nitrogen and oxygen atoms in total. The molecule has 0 saturated heterocycles. The van der Waals surface area contributed by atoms with E-state index in [0.717, 1.165) is 0 Å². The lowest BCUT2D eigenvalue weighted by Gasteiger charge is -2.16. The highest BCUT2D eigenvalue weighted by molar-refractivity contribution is 8.14. The predicted octanol–water partition coefficient (Wildman–Crippen LogP) is 0.514. The van der Waals surface area contributed by atoms with Gasteiger partial charge in [0.1, 0.15) is 0 Å². The summed E-state index contributed by atoms with van der Waals surface area (Å²) in [6, 6.07) is 0. The summed E-state index contributed by atoms with van der Waals surface area (Å²) in [5.74, 6) is 2.73. The number of azo groups is 1. The van der Waals surface area contributed by atoms with E-state index >= 15 is 0 Å². The van der Waals surface area contributed by atoms with Crippen LogP contribution in [0.4, 0.5) is 0 Å². The van der Waals surface area contributed by atoms with Gasteiger partial charge >= 0.3 is 0 Å². The van der Waals surface area contributed by atoms with Crippen molar-refractivity contribution < 1.29 is 4.79 Å². The zero-order valence-corrected chi connectivity index (χ0v) is 7.91. The van der Waals surface area contributed by atoms with Gasteiger partial charge in [0, 0.05) is 0 Å². The van der Waals surface area contributed by atoms with Crippen molar-refractivity contribution in [3.8, 4) is 12.3 Å². The predicted molar refractivity (Wildman–Crippen MR) is 53.6 cm³/mol. The summed E-state index contributed by atoms with van der Waals surface area (Å²) < 4.78 is 0. The Morgan fingerprint density at radius 1 is 1.71 bits per heavy atom. The van der Waals surface area contributed by atoms with Crippen molar-refractivity contribution in [2.75, 3.05) is 5.75 Å². The molecule has 0 aromatic carbocycles. The number of terminal acetylenes is 1. The average Bonchev–Trinajstić information content (AvgIpc) is 2.63. The standard InChI is InChI=1S/C8H6N4OS/c1-2-3-14-8-10-6-5(4-9-12-6)7(13)11-8/h1,4,6H,3H2,(H,10,11,13). The molecule has 2 heterocycles. The summed E-state index contributed by atoms with van der Waals surface area (Å²) in [7, 11) is 0. The number of hydrogen-bond acceptors (Lipinski definition) is 5. The molecule has 0 spiro atoms. The molecular formula is C8H6N4OS. The van der Waals surface area contributed by atoms with Crippen LogP contribution in [0.5, 0.6) is 0 Å². The number of thioether (sulfide) groups is 1. The van der Waals surface area contributed by atoms with Crippen LogP contribution in [-0.2, 0) is 4.79 Å². The van der Waals surface area contributed by atoms with E-state index in [9.17, 15) is 4.79 Å². The van der Waals surface area contributed by atoms with Crippen LogP contribution in [0.25, 0.3) is 0 Å². The third kappa shape index (κ3) is 1.54. The first-order valence-electron chi connectivity index (χ1n) is 3.86. The molecule has 0 fully saturated rings. The smallest absolute Gasteiger partial charge is 0.258 e. The maximum atomic E-state index is 11.4. The fourth-order valence-electron chi connectivity index (χ4n) is 1.05. The van der Waals surface area contributed by atoms with Crippen molar-refractivity contribution in [1.82, 2.24) is 5.32 Å². The zero-order chi connectivity index (χ0) is 9.97. The van der Waals surface area contributed by atoms with Crippen LogP contribution in [0.3, 0.4) is 0 Å². The lowest BCUT2D eigenvalue weighted by Crippen LogP contribution is -2.37. The number of rotatable bonds is 1. The fraction of sp³-hybridized carbons (Fsp3) is 0.250. The molecule has 1 unspecified atom stereocenters. The Hall–Kier alpha value is -1.61. The van der Waals surface area contributed by atoms with Gasteiger partial charge in [-0.2, -0.15) is 10.2 Å². The van der Waals surface area contributed by atoms with Crippen LogP contribution in [0, 0.1) is 12.3 Å². The Labute approximate surface area is 84.8 Å². The summed E-state index contributed by atoms with van der Waals surface area (Å²) >= 11 is 1.30. The Morgan fingerprint density at radius 2 is 2.57 bits per heavy atom. The molecule has 0 aliphatic carbocycles. The molecule has 0 bridgehead atoms. The molecule has 70 valence electrons. The number of carbonyl (C=O) groups is 1. The molecule has 0 aromatic rings. The van der Waals surface area contributed by atoms with E-state index in [1.165, 1.54) is 18.0 Å². The molecule has 2 aliphatic rings. The first-order chi connectivity index (χ1) is 6.81. The topological polar surface area (TPSA) is 66.2 Å². The summed E-state index contributed by atoms with van der Waals surface area (Å²) in [5.41, 5.74) is 0.482. The van der Waals surface area contributed by atoms with Crippen LogP contribution >= 0.6 is 11.8 Å². The molecule has 2 aliphatic heterocycles. The quantitative estimate of drug-likeness (QED) is 0.635. The SMILES string of the molecule is C#CCSC1=NC2N=NC=C2C(=O)N1. The van der Waals surface area contributed by atoms with Gasteiger partial charge in [-0.25, -0.2) is 4.99 Å². The number of hydrogen-bond donors (Lipinski definition) is 1. The lowest BCUT2D eigenvalue weighted by molar-refractivity contribution is -0.116. The second-order valence-electron chi connectivity index (χ2n) is 2.57. The van der Waals surface area contributed by atoms with Crippen molar-refractivity contribution in [3.63, 3.8) is 0 Å². The number of fused-ring (bicyclic) bond motifs is 1. The second kappa shape index (κ2) is 3.64. The van der Waals surface area contributed by atoms with Crippen molar-refractivity contribution in [1.29, 1.82) is 0 Å². The number of nitrogens with one attached hydrogen (secondary N) is 1. The van der Waals surface area contributed by atoms with Gasteiger partial charge in [0.2, 0.25) is 0 Å². The van der Waals surface area contributed by atoms with Crippen molar-refractivity contribution in [2.45, 2.75) is 6.17 Å². The van der Waals surface area contributed by atoms with Gasteiger partial charge < -0.3 is 5.32 Å². The third-order valence-corrected chi connectivity index (χ3v) is 2.46. The highest BCUT2D eigenvalue weighted by atomic mass is 32.2. The Bertz CT molecular complexity index is 404. The molecule has 1 N–H and O–H groups in total. The summed E-state index contributed by atoms with van der Waals surface area (Å²) in [5, 5.41) is 10.5. The molecule has 2 rings (SSSR count). The highest BCUT2D eigenvalue weighted by Gasteiger charge is 2.29. The van der Waals surface area contributed by atoms with Gasteiger partial charge in [-0.3, -0.25) is 4.79 Å². The normalized spacial score (nSPS) is 23.4. The minimum absolute atomic E-state index is 0.200. The first kappa shape index (κ1) is 8.97. The van der Waals surface area contributed by atoms with Crippen molar-refractivity contribution in [2.24, 2.45) is 15.2 Å². The van der Waals surface area contributed by atoms with E-state index in [0.29, 0.717) is 16.5 Å². The molecule has 0 radical (unpaired) electrons. The number of amidine groups is 1. The van der Waals surface area contributed by atoms with Crippen LogP contribution < -0.4 is 5.32 Å². The van der Waals surface area contributed by atoms with Crippen LogP contribution in [0.1, 0.15) is 0 Å². The Kier molecular flexibility index (Phi) is 2.33. The van der Waals surface area contributed by atoms with Crippen LogP contribution in [-0.4, -0.2) is 23.0 Å². The average molecular weight is 206 g/mol. The highest BCUT2D eigenvalue weighted by Crippen LogP contribution is 2.21. The van der Waals surface area contributed by atoms with E-state index in [4.69, 9.17) is 6.42 Å². The molecule has 14 heavy (non-hydrogen) atoms. The van der Waals surface area contributed by atoms with E-state index in [1.54, 1.807) is 0 Å². The molecule has 6 heteroatoms. The molecule has 0 saturated carbocycles. The van der Waals surface area contributed by atoms with Gasteiger partial charge in [-0.1, -0.05) is 17.7 Å². The zero-order valence-electron chi connectivity index (χ0n) is 7.10. The van der Waals surface area contributed by atoms with Gasteiger partial charge in [-0.15, -0.1) is 6.42 Å². The van der Waals surface area contributed by atoms with Gasteiger partial charge in [0.25, 0.3) is 5.91 Å². The molecular weight excluding hydrogens is 200 g/mol. The summed E-state index contributed by atoms with van der Waals surface area (Å²) in [6.45, 7) is 0. The molecule has 0 aromatic heterocycles. The monoisotopic (exact) mass is 206 g/mol. The van der Waals surface area contributed by atoms with E-state index in [2.05, 4.69) is 26.5 Å². The van der Waals surface area contributed by atoms with Gasteiger partial charge in [-0.05, 0) is 0 Å². The van der Waals surface area contributed by atoms with Crippen LogP contribution in [0.15, 0.2) is 27.0 Å². The molecule has 1 atom stereocenters. The van der Waals surface area contributed by atoms with Gasteiger partial charge in [0.15, 0.2) is 11.3 Å². The van der Waals surface area contributed by atoms with Crippen molar-refractivity contribution >= 4 is 22.8 Å². The van der Waals surface area contributed by atoms with Crippen LogP contribution in [0.2, 0.25) is 0 Å². The summed E-state index contributed by atoms with van der Waals surface area (Å²) in [4.78, 5) is 15.6. The lowest BCUT2D eigenvalue weighted by atomic mass is 10.2. The van der Waals surface area contributed by atoms with E-state index in [1.807, 2.05) is 0 Å². The maximum Gasteiger partial charge on any atom is 0.258 e. The Morgan fingerprint density at radius 3 is 3.36 bits per heavy atom. The summed E-state index contributed by atoms with van der Waals surface area (Å²) in [6.07, 6.45) is 6.05. The van der Waals surface area contributed by atoms with E-state index < -0.39 is 6.17 Å². The Balaban J connectivity index is 2.15. The molecule has 1 amide bonds. The number of amides is 1. The third-order valence-electron chi connectivity index (χ3n) is 1.67. The minimum atomic E-state index is -0.468. The fourth-order valence-corrected chi connectivity index (χ4v) is 1.61. The first-order valence-corrected chi connectivity index (χ1v) is 4.85. The second-order valence-corrected chi connectivity index (χ2v) is 3.53. The maximum absolute atomic E-state index is 11.4. The minimum Gasteiger partial charge on any atom is -0.301 e. The van der Waals surface area contributed by atoms with E-state index in [-0.39, 0.29) is 5.91 Å².